The van der Waals surface area contributed by atoms with Crippen molar-refractivity contribution in [3.8, 4) is 44.5 Å². The predicted molar refractivity (Wildman–Crippen MR) is 181 cm³/mol. The molecule has 0 atom stereocenters. The third-order valence-electron chi connectivity index (χ3n) is 8.66. The summed E-state index contributed by atoms with van der Waals surface area (Å²) in [5, 5.41) is 7.93. The average Bonchev–Trinajstić information content (AvgIpc) is 3.07. The minimum Gasteiger partial charge on any atom is -0.0757 e. The summed E-state index contributed by atoms with van der Waals surface area (Å²) in [4.78, 5) is 0. The Hall–Kier alpha value is -5.20. The normalized spacial score (nSPS) is 12.5. The fourth-order valence-corrected chi connectivity index (χ4v) is 6.98. The van der Waals surface area contributed by atoms with Gasteiger partial charge in [0.05, 0.1) is 0 Å². The molecule has 1 aliphatic rings. The summed E-state index contributed by atoms with van der Waals surface area (Å²) in [6.07, 6.45) is 7.06. The zero-order valence-electron chi connectivity index (χ0n) is 23.4. The Labute approximate surface area is 246 Å². The largest absolute Gasteiger partial charge is 0.0757 e. The Kier molecular flexibility index (Phi) is 6.04. The molecule has 0 spiro atoms. The van der Waals surface area contributed by atoms with Crippen molar-refractivity contribution < 1.29 is 0 Å². The van der Waals surface area contributed by atoms with Gasteiger partial charge in [-0.2, -0.15) is 0 Å². The van der Waals surface area contributed by atoms with E-state index < -0.39 is 0 Å². The van der Waals surface area contributed by atoms with Gasteiger partial charge >= 0.3 is 0 Å². The molecule has 0 amide bonds. The van der Waals surface area contributed by atoms with Gasteiger partial charge in [-0.25, -0.2) is 0 Å². The van der Waals surface area contributed by atoms with Crippen LogP contribution in [-0.4, -0.2) is 0 Å². The van der Waals surface area contributed by atoms with Gasteiger partial charge in [-0.05, 0) is 89.3 Å². The zero-order chi connectivity index (χ0) is 27.9. The molecule has 0 saturated heterocycles. The highest BCUT2D eigenvalue weighted by Crippen LogP contribution is 2.48. The molecule has 7 aromatic carbocycles. The van der Waals surface area contributed by atoms with E-state index in [0.717, 1.165) is 12.8 Å². The summed E-state index contributed by atoms with van der Waals surface area (Å²) in [7, 11) is 0. The summed E-state index contributed by atoms with van der Waals surface area (Å²) >= 11 is 0. The van der Waals surface area contributed by atoms with E-state index in [9.17, 15) is 0 Å². The van der Waals surface area contributed by atoms with E-state index in [2.05, 4.69) is 158 Å². The van der Waals surface area contributed by atoms with Crippen molar-refractivity contribution in [3.05, 3.63) is 156 Å². The van der Waals surface area contributed by atoms with Gasteiger partial charge in [0.1, 0.15) is 0 Å². The lowest BCUT2D eigenvalue weighted by Crippen LogP contribution is -2.32. The van der Waals surface area contributed by atoms with Gasteiger partial charge in [-0.3, -0.25) is 0 Å². The van der Waals surface area contributed by atoms with E-state index >= 15 is 0 Å². The van der Waals surface area contributed by atoms with Crippen LogP contribution in [0.25, 0.3) is 78.2 Å². The van der Waals surface area contributed by atoms with Crippen LogP contribution in [0.1, 0.15) is 12.8 Å². The highest BCUT2D eigenvalue weighted by Gasteiger charge is 2.25. The van der Waals surface area contributed by atoms with Gasteiger partial charge < -0.3 is 0 Å². The van der Waals surface area contributed by atoms with Crippen molar-refractivity contribution in [3.63, 3.8) is 0 Å². The lowest BCUT2D eigenvalue weighted by Gasteiger charge is -2.25. The van der Waals surface area contributed by atoms with E-state index in [0.29, 0.717) is 0 Å². The molecule has 0 heterocycles. The minimum absolute atomic E-state index is 1.05. The first kappa shape index (κ1) is 24.6. The van der Waals surface area contributed by atoms with E-state index in [1.54, 1.807) is 0 Å². The van der Waals surface area contributed by atoms with Gasteiger partial charge in [0.15, 0.2) is 0 Å². The molecule has 0 nitrogen and oxygen atoms in total. The maximum absolute atomic E-state index is 2.48. The number of hydrogen-bond donors (Lipinski definition) is 0. The van der Waals surface area contributed by atoms with Crippen LogP contribution in [-0.2, 0) is 0 Å². The van der Waals surface area contributed by atoms with Gasteiger partial charge in [-0.1, -0.05) is 158 Å². The maximum atomic E-state index is 2.48. The van der Waals surface area contributed by atoms with Crippen LogP contribution in [0.15, 0.2) is 146 Å². The van der Waals surface area contributed by atoms with Crippen molar-refractivity contribution in [2.24, 2.45) is 0 Å². The molecule has 0 unspecified atom stereocenters. The Morgan fingerprint density at radius 2 is 0.571 bits per heavy atom. The fourth-order valence-electron chi connectivity index (χ4n) is 6.98. The second-order valence-electron chi connectivity index (χ2n) is 11.1. The van der Waals surface area contributed by atoms with Crippen molar-refractivity contribution >= 4 is 33.7 Å². The van der Waals surface area contributed by atoms with Gasteiger partial charge in [0.25, 0.3) is 0 Å². The molecule has 7 aromatic rings. The van der Waals surface area contributed by atoms with Crippen LogP contribution < -0.4 is 10.4 Å². The minimum atomic E-state index is 1.05. The number of fused-ring (bicyclic) bond motifs is 3. The van der Waals surface area contributed by atoms with E-state index in [1.807, 2.05) is 0 Å². The molecule has 198 valence electrons. The highest BCUT2D eigenvalue weighted by atomic mass is 14.3. The van der Waals surface area contributed by atoms with E-state index in [-0.39, 0.29) is 0 Å². The smallest absolute Gasteiger partial charge is 0.000151 e. The molecule has 0 heteroatoms. The van der Waals surface area contributed by atoms with Crippen molar-refractivity contribution in [1.82, 2.24) is 0 Å². The van der Waals surface area contributed by atoms with Crippen LogP contribution in [0.4, 0.5) is 0 Å². The molecule has 0 aromatic heterocycles. The molecule has 0 aliphatic heterocycles. The monoisotopic (exact) mass is 534 g/mol. The van der Waals surface area contributed by atoms with Gasteiger partial charge in [0.2, 0.25) is 0 Å². The molecule has 42 heavy (non-hydrogen) atoms. The zero-order valence-corrected chi connectivity index (χ0v) is 23.4. The topological polar surface area (TPSA) is 0 Å². The van der Waals surface area contributed by atoms with Crippen molar-refractivity contribution in [2.45, 2.75) is 12.8 Å². The molecular formula is C42H30. The molecule has 0 fully saturated rings. The molecule has 8 rings (SSSR count). The quantitative estimate of drug-likeness (QED) is 0.197. The first-order valence-electron chi connectivity index (χ1n) is 14.9. The second kappa shape index (κ2) is 10.3. The van der Waals surface area contributed by atoms with Crippen LogP contribution in [0, 0.1) is 0 Å². The van der Waals surface area contributed by atoms with Gasteiger partial charge in [-0.15, -0.1) is 0 Å². The molecule has 0 N–H and O–H groups in total. The van der Waals surface area contributed by atoms with Crippen molar-refractivity contribution in [1.29, 1.82) is 0 Å². The highest BCUT2D eigenvalue weighted by molar-refractivity contribution is 6.28. The summed E-state index contributed by atoms with van der Waals surface area (Å²) < 4.78 is 0. The third-order valence-corrected chi connectivity index (χ3v) is 8.66. The number of rotatable bonds is 4. The Bertz CT molecular complexity index is 2030. The SMILES string of the molecule is C1=c2c(-c3ccccc3)c3c(-c4ccccc4)c4ccccc4c(-c4ccccc4)c3c(-c3ccccc3)c2=CCC1. The predicted octanol–water partition coefficient (Wildman–Crippen LogP) is 10.0. The molecule has 1 aliphatic carbocycles. The van der Waals surface area contributed by atoms with Gasteiger partial charge in [0, 0.05) is 0 Å². The number of benzene rings is 7. The summed E-state index contributed by atoms with van der Waals surface area (Å²) in [6, 6.07) is 53.1. The van der Waals surface area contributed by atoms with Crippen LogP contribution in [0.3, 0.4) is 0 Å². The summed E-state index contributed by atoms with van der Waals surface area (Å²) in [5.41, 5.74) is 10.3. The van der Waals surface area contributed by atoms with Crippen LogP contribution in [0.2, 0.25) is 0 Å². The maximum Gasteiger partial charge on any atom is -0.000151 e. The summed E-state index contributed by atoms with van der Waals surface area (Å²) in [6.45, 7) is 0. The first-order valence-corrected chi connectivity index (χ1v) is 14.9. The molecular weight excluding hydrogens is 504 g/mol. The van der Waals surface area contributed by atoms with E-state index in [1.165, 1.54) is 76.5 Å². The second-order valence-corrected chi connectivity index (χ2v) is 11.1. The summed E-state index contributed by atoms with van der Waals surface area (Å²) in [5.74, 6) is 0. The van der Waals surface area contributed by atoms with Crippen LogP contribution >= 0.6 is 0 Å². The molecule has 0 saturated carbocycles. The first-order chi connectivity index (χ1) is 20.9. The lowest BCUT2D eigenvalue weighted by molar-refractivity contribution is 1.12. The average molecular weight is 535 g/mol. The van der Waals surface area contributed by atoms with Crippen molar-refractivity contribution in [2.75, 3.05) is 0 Å². The van der Waals surface area contributed by atoms with E-state index in [4.69, 9.17) is 0 Å². The van der Waals surface area contributed by atoms with Crippen LogP contribution in [0.5, 0.6) is 0 Å². The molecule has 0 bridgehead atoms. The Balaban J connectivity index is 1.77. The standard InChI is InChI=1S/C42H30/c1-5-17-29(18-6-1)37-33-25-13-14-26-34(33)39(31-21-9-3-10-22-31)42-40(32-23-11-4-12-24-32)36-28-16-15-27-35(36)38(41(37)42)30-19-7-2-8-20-30/h1-14,17-28H,15-16H2. The third kappa shape index (κ3) is 3.91. The number of hydrogen-bond acceptors (Lipinski definition) is 0. The Morgan fingerprint density at radius 1 is 0.286 bits per heavy atom. The Morgan fingerprint density at radius 3 is 0.905 bits per heavy atom. The fraction of sp³-hybridized carbons (Fsp3) is 0.0476. The lowest BCUT2D eigenvalue weighted by atomic mass is 9.78. The molecule has 0 radical (unpaired) electrons.